The first-order chi connectivity index (χ1) is 15.1. The van der Waals surface area contributed by atoms with Crippen molar-refractivity contribution in [2.75, 3.05) is 32.7 Å². The van der Waals surface area contributed by atoms with E-state index < -0.39 is 10.0 Å². The van der Waals surface area contributed by atoms with E-state index in [4.69, 9.17) is 4.99 Å². The molecule has 2 aromatic rings. The zero-order valence-electron chi connectivity index (χ0n) is 18.4. The average Bonchev–Trinajstić information content (AvgIpc) is 3.23. The number of hydrogen-bond acceptors (Lipinski definition) is 5. The van der Waals surface area contributed by atoms with Crippen molar-refractivity contribution in [3.8, 4) is 0 Å². The Balaban J connectivity index is 0.00000363. The summed E-state index contributed by atoms with van der Waals surface area (Å²) in [6, 6.07) is 14.1. The highest BCUT2D eigenvalue weighted by Crippen LogP contribution is 2.20. The van der Waals surface area contributed by atoms with Gasteiger partial charge in [-0.25, -0.2) is 13.1 Å². The molecule has 3 N–H and O–H groups in total. The van der Waals surface area contributed by atoms with E-state index in [0.717, 1.165) is 26.1 Å². The third-order valence-electron chi connectivity index (χ3n) is 5.19. The van der Waals surface area contributed by atoms with Crippen LogP contribution in [0.25, 0.3) is 0 Å². The Kier molecular flexibility index (Phi) is 11.4. The monoisotopic (exact) mass is 572 g/mol. The lowest BCUT2D eigenvalue weighted by atomic mass is 10.2. The van der Waals surface area contributed by atoms with Crippen LogP contribution in [-0.2, 0) is 16.6 Å². The average molecular weight is 573 g/mol. The SMILES string of the molecule is CCNC(=NCC1CCCN1Cc1ccccc1)NCCNS(=O)(=O)c1cccnc1.I. The number of rotatable bonds is 10. The largest absolute Gasteiger partial charge is 0.357 e. The molecule has 1 aromatic carbocycles. The number of benzene rings is 1. The molecule has 10 heteroatoms. The molecule has 8 nitrogen and oxygen atoms in total. The van der Waals surface area contributed by atoms with Crippen molar-refractivity contribution in [1.82, 2.24) is 25.2 Å². The Bertz CT molecular complexity index is 928. The smallest absolute Gasteiger partial charge is 0.242 e. The van der Waals surface area contributed by atoms with Crippen molar-refractivity contribution < 1.29 is 8.42 Å². The Morgan fingerprint density at radius 1 is 1.16 bits per heavy atom. The Hall–Kier alpha value is -1.76. The molecule has 3 rings (SSSR count). The highest BCUT2D eigenvalue weighted by Gasteiger charge is 2.24. The fourth-order valence-corrected chi connectivity index (χ4v) is 4.62. The zero-order valence-corrected chi connectivity index (χ0v) is 21.6. The van der Waals surface area contributed by atoms with Crippen molar-refractivity contribution in [2.24, 2.45) is 4.99 Å². The van der Waals surface area contributed by atoms with Gasteiger partial charge in [-0.2, -0.15) is 0 Å². The minimum Gasteiger partial charge on any atom is -0.357 e. The van der Waals surface area contributed by atoms with Crippen molar-refractivity contribution >= 4 is 40.0 Å². The maximum absolute atomic E-state index is 12.3. The number of hydrogen-bond donors (Lipinski definition) is 3. The van der Waals surface area contributed by atoms with Crippen molar-refractivity contribution in [3.05, 3.63) is 60.4 Å². The van der Waals surface area contributed by atoms with Crippen LogP contribution in [0.15, 0.2) is 64.7 Å². The molecular formula is C22H33IN6O2S. The van der Waals surface area contributed by atoms with E-state index in [1.54, 1.807) is 12.3 Å². The van der Waals surface area contributed by atoms with Crippen molar-refractivity contribution in [2.45, 2.75) is 37.2 Å². The predicted molar refractivity (Wildman–Crippen MR) is 139 cm³/mol. The van der Waals surface area contributed by atoms with Crippen LogP contribution in [-0.4, -0.2) is 63.0 Å². The molecule has 2 heterocycles. The van der Waals surface area contributed by atoms with Gasteiger partial charge in [-0.15, -0.1) is 24.0 Å². The van der Waals surface area contributed by atoms with Crippen LogP contribution in [0.4, 0.5) is 0 Å². The fourth-order valence-electron chi connectivity index (χ4n) is 3.62. The molecule has 0 amide bonds. The quantitative estimate of drug-likeness (QED) is 0.175. The van der Waals surface area contributed by atoms with Gasteiger partial charge in [-0.3, -0.25) is 14.9 Å². The molecule has 0 aliphatic carbocycles. The molecule has 32 heavy (non-hydrogen) atoms. The van der Waals surface area contributed by atoms with E-state index in [-0.39, 0.29) is 35.4 Å². The number of aliphatic imine (C=N–C) groups is 1. The van der Waals surface area contributed by atoms with E-state index in [0.29, 0.717) is 25.1 Å². The highest BCUT2D eigenvalue weighted by molar-refractivity contribution is 14.0. The van der Waals surface area contributed by atoms with Crippen molar-refractivity contribution in [3.63, 3.8) is 0 Å². The summed E-state index contributed by atoms with van der Waals surface area (Å²) in [6.07, 6.45) is 5.21. The van der Waals surface area contributed by atoms with Crippen LogP contribution in [0.1, 0.15) is 25.3 Å². The highest BCUT2D eigenvalue weighted by atomic mass is 127. The second-order valence-electron chi connectivity index (χ2n) is 7.49. The maximum atomic E-state index is 12.3. The molecule has 1 aromatic heterocycles. The third kappa shape index (κ3) is 8.30. The standard InChI is InChI=1S/C22H32N6O2S.HI/c1-2-24-22(25-13-14-27-31(29,30)21-11-6-12-23-17-21)26-16-20-10-7-15-28(20)18-19-8-4-3-5-9-19;/h3-6,8-9,11-12,17,20,27H,2,7,10,13-16,18H2,1H3,(H2,24,25,26);1H. The number of guanidine groups is 1. The van der Waals surface area contributed by atoms with Gasteiger partial charge in [0.25, 0.3) is 0 Å². The molecule has 0 bridgehead atoms. The molecule has 1 unspecified atom stereocenters. The summed E-state index contributed by atoms with van der Waals surface area (Å²) >= 11 is 0. The summed E-state index contributed by atoms with van der Waals surface area (Å²) in [5, 5.41) is 6.44. The normalized spacial score (nSPS) is 17.0. The van der Waals surface area contributed by atoms with Crippen LogP contribution in [0.3, 0.4) is 0 Å². The van der Waals surface area contributed by atoms with Gasteiger partial charge in [-0.1, -0.05) is 30.3 Å². The third-order valence-corrected chi connectivity index (χ3v) is 6.63. The van der Waals surface area contributed by atoms with Crippen molar-refractivity contribution in [1.29, 1.82) is 0 Å². The van der Waals surface area contributed by atoms with Gasteiger partial charge in [0.2, 0.25) is 10.0 Å². The predicted octanol–water partition coefficient (Wildman–Crippen LogP) is 2.20. The molecule has 1 saturated heterocycles. The summed E-state index contributed by atoms with van der Waals surface area (Å²) in [4.78, 5) is 11.3. The lowest BCUT2D eigenvalue weighted by Gasteiger charge is -2.23. The molecule has 1 atom stereocenters. The first-order valence-corrected chi connectivity index (χ1v) is 12.3. The number of sulfonamides is 1. The van der Waals surface area contributed by atoms with E-state index in [9.17, 15) is 8.42 Å². The molecule has 176 valence electrons. The van der Waals surface area contributed by atoms with Gasteiger partial charge in [0.05, 0.1) is 6.54 Å². The van der Waals surface area contributed by atoms with Crippen LogP contribution >= 0.6 is 24.0 Å². The number of aromatic nitrogens is 1. The summed E-state index contributed by atoms with van der Waals surface area (Å²) in [7, 11) is -3.55. The van der Waals surface area contributed by atoms with E-state index >= 15 is 0 Å². The van der Waals surface area contributed by atoms with E-state index in [1.165, 1.54) is 24.2 Å². The first-order valence-electron chi connectivity index (χ1n) is 10.8. The molecule has 1 aliphatic heterocycles. The first kappa shape index (κ1) is 26.5. The second-order valence-corrected chi connectivity index (χ2v) is 9.25. The summed E-state index contributed by atoms with van der Waals surface area (Å²) in [5.74, 6) is 0.703. The maximum Gasteiger partial charge on any atom is 0.242 e. The number of likely N-dealkylation sites (tertiary alicyclic amines) is 1. The summed E-state index contributed by atoms with van der Waals surface area (Å²) in [5.41, 5.74) is 1.32. The molecular weight excluding hydrogens is 539 g/mol. The van der Waals surface area contributed by atoms with E-state index in [2.05, 4.69) is 49.5 Å². The summed E-state index contributed by atoms with van der Waals surface area (Å²) < 4.78 is 27.1. The summed E-state index contributed by atoms with van der Waals surface area (Å²) in [6.45, 7) is 6.19. The molecule has 1 fully saturated rings. The lowest BCUT2D eigenvalue weighted by molar-refractivity contribution is 0.250. The van der Waals surface area contributed by atoms with E-state index in [1.807, 2.05) is 13.0 Å². The van der Waals surface area contributed by atoms with Gasteiger partial charge in [0.1, 0.15) is 4.90 Å². The fraction of sp³-hybridized carbons (Fsp3) is 0.455. The molecule has 0 spiro atoms. The Morgan fingerprint density at radius 2 is 1.97 bits per heavy atom. The minimum absolute atomic E-state index is 0. The molecule has 0 radical (unpaired) electrons. The number of pyridine rings is 1. The number of halogens is 1. The Morgan fingerprint density at radius 3 is 2.69 bits per heavy atom. The topological polar surface area (TPSA) is 98.7 Å². The van der Waals surface area contributed by atoms with Gasteiger partial charge in [-0.05, 0) is 44.0 Å². The van der Waals surface area contributed by atoms with Gasteiger partial charge < -0.3 is 10.6 Å². The van der Waals surface area contributed by atoms with Gasteiger partial charge in [0, 0.05) is 44.6 Å². The van der Waals surface area contributed by atoms with Crippen LogP contribution in [0.5, 0.6) is 0 Å². The number of nitrogens with zero attached hydrogens (tertiary/aromatic N) is 3. The Labute approximate surface area is 208 Å². The molecule has 1 aliphatic rings. The second kappa shape index (κ2) is 13.7. The number of nitrogens with one attached hydrogen (secondary N) is 3. The zero-order chi connectivity index (χ0) is 21.9. The van der Waals surface area contributed by atoms with Crippen LogP contribution in [0.2, 0.25) is 0 Å². The van der Waals surface area contributed by atoms with Gasteiger partial charge >= 0.3 is 0 Å². The minimum atomic E-state index is -3.55. The van der Waals surface area contributed by atoms with Crippen LogP contribution < -0.4 is 15.4 Å². The molecule has 0 saturated carbocycles. The van der Waals surface area contributed by atoms with Crippen LogP contribution in [0, 0.1) is 0 Å². The van der Waals surface area contributed by atoms with Gasteiger partial charge in [0.15, 0.2) is 5.96 Å². The lowest BCUT2D eigenvalue weighted by Crippen LogP contribution is -2.42.